The third-order valence-corrected chi connectivity index (χ3v) is 2.61. The maximum Gasteiger partial charge on any atom is 0.0757 e. The van der Waals surface area contributed by atoms with Crippen LogP contribution in [0.3, 0.4) is 0 Å². The van der Waals surface area contributed by atoms with Gasteiger partial charge in [0.1, 0.15) is 0 Å². The van der Waals surface area contributed by atoms with E-state index in [2.05, 4.69) is 38.7 Å². The normalized spacial score (nSPS) is 29.5. The second kappa shape index (κ2) is 4.29. The molecular weight excluding hydrogens is 176 g/mol. The Morgan fingerprint density at radius 3 is 2.79 bits per heavy atom. The van der Waals surface area contributed by atoms with Crippen LogP contribution >= 0.6 is 0 Å². The Morgan fingerprint density at radius 2 is 2.29 bits per heavy atom. The summed E-state index contributed by atoms with van der Waals surface area (Å²) in [6.07, 6.45) is 0.864. The summed E-state index contributed by atoms with van der Waals surface area (Å²) >= 11 is 0. The molecule has 14 heavy (non-hydrogen) atoms. The summed E-state index contributed by atoms with van der Waals surface area (Å²) in [6.45, 7) is 10.3. The quantitative estimate of drug-likeness (QED) is 0.675. The fourth-order valence-corrected chi connectivity index (χ4v) is 2.10. The van der Waals surface area contributed by atoms with Crippen molar-refractivity contribution in [2.45, 2.75) is 51.9 Å². The van der Waals surface area contributed by atoms with E-state index in [4.69, 9.17) is 10.00 Å². The second-order valence-corrected chi connectivity index (χ2v) is 4.83. The first-order chi connectivity index (χ1) is 6.44. The van der Waals surface area contributed by atoms with Crippen LogP contribution in [0.15, 0.2) is 0 Å². The number of hydrogen-bond donors (Lipinski definition) is 0. The minimum Gasteiger partial charge on any atom is -0.370 e. The van der Waals surface area contributed by atoms with Crippen LogP contribution in [0.4, 0.5) is 0 Å². The largest absolute Gasteiger partial charge is 0.370 e. The van der Waals surface area contributed by atoms with Gasteiger partial charge in [0, 0.05) is 19.1 Å². The number of ether oxygens (including phenoxy) is 1. The molecule has 1 saturated heterocycles. The highest BCUT2D eigenvalue weighted by Gasteiger charge is 2.33. The third-order valence-electron chi connectivity index (χ3n) is 2.61. The van der Waals surface area contributed by atoms with Crippen molar-refractivity contribution < 1.29 is 4.74 Å². The number of hydrogen-bond acceptors (Lipinski definition) is 3. The molecule has 0 aromatic carbocycles. The monoisotopic (exact) mass is 196 g/mol. The van der Waals surface area contributed by atoms with Crippen LogP contribution in [-0.2, 0) is 4.74 Å². The second-order valence-electron chi connectivity index (χ2n) is 4.83. The molecule has 1 fully saturated rings. The smallest absolute Gasteiger partial charge is 0.0757 e. The number of rotatable bonds is 2. The lowest BCUT2D eigenvalue weighted by Crippen LogP contribution is -2.54. The molecule has 0 aliphatic carbocycles. The zero-order chi connectivity index (χ0) is 10.8. The molecule has 0 amide bonds. The van der Waals surface area contributed by atoms with Crippen molar-refractivity contribution in [3.63, 3.8) is 0 Å². The molecular formula is C11H20N2O. The van der Waals surface area contributed by atoms with E-state index < -0.39 is 0 Å². The molecule has 1 rings (SSSR count). The predicted molar refractivity (Wildman–Crippen MR) is 55.9 cm³/mol. The van der Waals surface area contributed by atoms with E-state index in [0.29, 0.717) is 12.5 Å². The van der Waals surface area contributed by atoms with E-state index in [0.717, 1.165) is 13.1 Å². The van der Waals surface area contributed by atoms with Crippen LogP contribution in [0.1, 0.15) is 34.1 Å². The lowest BCUT2D eigenvalue weighted by Gasteiger charge is -2.43. The van der Waals surface area contributed by atoms with Gasteiger partial charge in [-0.3, -0.25) is 4.90 Å². The van der Waals surface area contributed by atoms with Gasteiger partial charge in [-0.25, -0.2) is 0 Å². The molecule has 0 N–H and O–H groups in total. The van der Waals surface area contributed by atoms with Gasteiger partial charge in [-0.15, -0.1) is 0 Å². The van der Waals surface area contributed by atoms with Gasteiger partial charge in [0.25, 0.3) is 0 Å². The lowest BCUT2D eigenvalue weighted by atomic mass is 10.0. The van der Waals surface area contributed by atoms with Crippen molar-refractivity contribution in [2.75, 3.05) is 13.1 Å². The van der Waals surface area contributed by atoms with Crippen molar-refractivity contribution in [1.29, 1.82) is 5.26 Å². The first-order valence-corrected chi connectivity index (χ1v) is 5.23. The molecule has 1 aliphatic heterocycles. The molecule has 0 bridgehead atoms. The lowest BCUT2D eigenvalue weighted by molar-refractivity contribution is -0.136. The maximum absolute atomic E-state index is 8.66. The van der Waals surface area contributed by atoms with E-state index in [9.17, 15) is 0 Å². The molecule has 80 valence electrons. The van der Waals surface area contributed by atoms with Gasteiger partial charge in [0.2, 0.25) is 0 Å². The summed E-state index contributed by atoms with van der Waals surface area (Å²) in [4.78, 5) is 2.34. The highest BCUT2D eigenvalue weighted by atomic mass is 16.5. The summed E-state index contributed by atoms with van der Waals surface area (Å²) in [5, 5.41) is 8.66. The Hall–Kier alpha value is -0.590. The number of morpholine rings is 1. The molecule has 1 heterocycles. The fraction of sp³-hybridized carbons (Fsp3) is 0.909. The van der Waals surface area contributed by atoms with Gasteiger partial charge < -0.3 is 4.74 Å². The third kappa shape index (κ3) is 2.97. The molecule has 3 nitrogen and oxygen atoms in total. The van der Waals surface area contributed by atoms with E-state index in [-0.39, 0.29) is 11.7 Å². The summed E-state index contributed by atoms with van der Waals surface area (Å²) < 4.78 is 5.81. The van der Waals surface area contributed by atoms with Gasteiger partial charge in [0.05, 0.1) is 24.2 Å². The zero-order valence-electron chi connectivity index (χ0n) is 9.58. The van der Waals surface area contributed by atoms with Gasteiger partial charge >= 0.3 is 0 Å². The molecule has 1 aliphatic rings. The molecule has 0 radical (unpaired) electrons. The molecule has 3 heteroatoms. The van der Waals surface area contributed by atoms with E-state index in [1.165, 1.54) is 0 Å². The predicted octanol–water partition coefficient (Wildman–Crippen LogP) is 1.79. The van der Waals surface area contributed by atoms with Gasteiger partial charge in [-0.2, -0.15) is 5.26 Å². The van der Waals surface area contributed by atoms with Crippen LogP contribution in [0.5, 0.6) is 0 Å². The van der Waals surface area contributed by atoms with Crippen molar-refractivity contribution in [3.05, 3.63) is 0 Å². The number of nitrogens with zero attached hydrogens (tertiary/aromatic N) is 2. The van der Waals surface area contributed by atoms with Crippen LogP contribution in [0, 0.1) is 11.3 Å². The Bertz CT molecular complexity index is 232. The Labute approximate surface area is 86.6 Å². The van der Waals surface area contributed by atoms with Crippen LogP contribution in [0.25, 0.3) is 0 Å². The summed E-state index contributed by atoms with van der Waals surface area (Å²) in [5.74, 6) is 0. The maximum atomic E-state index is 8.66. The first-order valence-electron chi connectivity index (χ1n) is 5.23. The van der Waals surface area contributed by atoms with Gasteiger partial charge in [-0.05, 0) is 27.7 Å². The van der Waals surface area contributed by atoms with Crippen LogP contribution in [0.2, 0.25) is 0 Å². The minimum absolute atomic E-state index is 0.0820. The molecule has 0 aromatic heterocycles. The molecule has 2 unspecified atom stereocenters. The Kier molecular flexibility index (Phi) is 3.52. The minimum atomic E-state index is -0.0820. The zero-order valence-corrected chi connectivity index (χ0v) is 9.58. The summed E-state index contributed by atoms with van der Waals surface area (Å²) in [7, 11) is 0. The standard InChI is InChI=1S/C11H20N2O/c1-9(5-6-12)13-7-10(2)14-11(3,4)8-13/h9-10H,5,7-8H2,1-4H3. The van der Waals surface area contributed by atoms with Crippen LogP contribution in [-0.4, -0.2) is 35.7 Å². The van der Waals surface area contributed by atoms with E-state index in [1.54, 1.807) is 0 Å². The average Bonchev–Trinajstić information content (AvgIpc) is 2.00. The molecule has 0 aromatic rings. The fourth-order valence-electron chi connectivity index (χ4n) is 2.10. The summed E-state index contributed by atoms with van der Waals surface area (Å²) in [5.41, 5.74) is -0.0820. The Balaban J connectivity index is 2.58. The number of nitriles is 1. The van der Waals surface area contributed by atoms with Gasteiger partial charge in [-0.1, -0.05) is 0 Å². The van der Waals surface area contributed by atoms with Crippen molar-refractivity contribution in [1.82, 2.24) is 4.90 Å². The van der Waals surface area contributed by atoms with E-state index in [1.807, 2.05) is 0 Å². The average molecular weight is 196 g/mol. The molecule has 0 saturated carbocycles. The van der Waals surface area contributed by atoms with Crippen molar-refractivity contribution in [3.8, 4) is 6.07 Å². The SMILES string of the molecule is CC1CN(C(C)CC#N)CC(C)(C)O1. The molecule has 2 atom stereocenters. The highest BCUT2D eigenvalue weighted by Crippen LogP contribution is 2.22. The first kappa shape index (κ1) is 11.5. The van der Waals surface area contributed by atoms with Crippen molar-refractivity contribution in [2.24, 2.45) is 0 Å². The van der Waals surface area contributed by atoms with Crippen molar-refractivity contribution >= 4 is 0 Å². The highest BCUT2D eigenvalue weighted by molar-refractivity contribution is 4.88. The van der Waals surface area contributed by atoms with Gasteiger partial charge in [0.15, 0.2) is 0 Å². The van der Waals surface area contributed by atoms with E-state index >= 15 is 0 Å². The molecule has 0 spiro atoms. The van der Waals surface area contributed by atoms with Crippen LogP contribution < -0.4 is 0 Å². The summed E-state index contributed by atoms with van der Waals surface area (Å²) in [6, 6.07) is 2.56. The topological polar surface area (TPSA) is 36.3 Å². The Morgan fingerprint density at radius 1 is 1.64 bits per heavy atom.